The topological polar surface area (TPSA) is 17.2 Å². The van der Waals surface area contributed by atoms with Gasteiger partial charge in [0.05, 0.1) is 12.3 Å². The first-order valence-electron chi connectivity index (χ1n) is 5.96. The zero-order chi connectivity index (χ0) is 13.2. The van der Waals surface area contributed by atoms with Gasteiger partial charge in [-0.3, -0.25) is 4.98 Å². The van der Waals surface area contributed by atoms with E-state index in [1.165, 1.54) is 5.56 Å². The summed E-state index contributed by atoms with van der Waals surface area (Å²) in [6.45, 7) is 13.7. The minimum atomic E-state index is 0.144. The fourth-order valence-electron chi connectivity index (χ4n) is 1.84. The second-order valence-corrected chi connectivity index (χ2v) is 5.31. The van der Waals surface area contributed by atoms with Crippen LogP contribution in [-0.4, -0.2) is 4.98 Å². The number of hydrogen-bond acceptors (Lipinski definition) is 1. The molecule has 0 unspecified atom stereocenters. The average Bonchev–Trinajstić information content (AvgIpc) is 2.38. The van der Waals surface area contributed by atoms with Crippen LogP contribution in [-0.2, 0) is 5.41 Å². The SMILES string of the molecule is [C-]#[N+]c1cccnc1-c1ccc(C(C)(C)C)cc1. The molecule has 0 radical (unpaired) electrons. The third-order valence-corrected chi connectivity index (χ3v) is 2.93. The van der Waals surface area contributed by atoms with Crippen molar-refractivity contribution < 1.29 is 0 Å². The Kier molecular flexibility index (Phi) is 3.16. The normalized spacial score (nSPS) is 11.0. The summed E-state index contributed by atoms with van der Waals surface area (Å²) in [4.78, 5) is 7.80. The van der Waals surface area contributed by atoms with E-state index in [4.69, 9.17) is 6.57 Å². The van der Waals surface area contributed by atoms with Crippen LogP contribution in [0.15, 0.2) is 42.6 Å². The standard InChI is InChI=1S/C16H16N2/c1-16(2,3)13-9-7-12(8-10-13)15-14(17-4)6-5-11-18-15/h5-11H,1-3H3. The van der Waals surface area contributed by atoms with Crippen LogP contribution < -0.4 is 0 Å². The van der Waals surface area contributed by atoms with E-state index in [1.807, 2.05) is 12.1 Å². The van der Waals surface area contributed by atoms with Crippen molar-refractivity contribution >= 4 is 5.69 Å². The summed E-state index contributed by atoms with van der Waals surface area (Å²) in [5.41, 5.74) is 3.78. The van der Waals surface area contributed by atoms with Gasteiger partial charge in [0.15, 0.2) is 0 Å². The van der Waals surface area contributed by atoms with Crippen LogP contribution in [0, 0.1) is 6.57 Å². The predicted octanol–water partition coefficient (Wildman–Crippen LogP) is 4.60. The van der Waals surface area contributed by atoms with E-state index in [0.29, 0.717) is 5.69 Å². The number of nitrogens with zero attached hydrogens (tertiary/aromatic N) is 2. The first-order valence-corrected chi connectivity index (χ1v) is 5.96. The largest absolute Gasteiger partial charge is 0.268 e. The number of pyridine rings is 1. The Morgan fingerprint density at radius 1 is 1.06 bits per heavy atom. The quantitative estimate of drug-likeness (QED) is 0.661. The maximum absolute atomic E-state index is 7.16. The summed E-state index contributed by atoms with van der Waals surface area (Å²) in [5, 5.41) is 0. The Labute approximate surface area is 108 Å². The molecule has 0 amide bonds. The summed E-state index contributed by atoms with van der Waals surface area (Å²) < 4.78 is 0. The molecule has 90 valence electrons. The molecular formula is C16H16N2. The van der Waals surface area contributed by atoms with Gasteiger partial charge in [-0.2, -0.15) is 0 Å². The number of benzene rings is 1. The summed E-state index contributed by atoms with van der Waals surface area (Å²) >= 11 is 0. The maximum Gasteiger partial charge on any atom is 0.212 e. The van der Waals surface area contributed by atoms with Crippen LogP contribution in [0.25, 0.3) is 16.1 Å². The molecule has 1 heterocycles. The van der Waals surface area contributed by atoms with E-state index in [9.17, 15) is 0 Å². The van der Waals surface area contributed by atoms with Gasteiger partial charge in [-0.05, 0) is 16.5 Å². The second kappa shape index (κ2) is 4.62. The van der Waals surface area contributed by atoms with Crippen molar-refractivity contribution in [1.29, 1.82) is 0 Å². The first kappa shape index (κ1) is 12.3. The lowest BCUT2D eigenvalue weighted by atomic mass is 9.86. The Morgan fingerprint density at radius 2 is 1.72 bits per heavy atom. The molecule has 0 bridgehead atoms. The zero-order valence-electron chi connectivity index (χ0n) is 10.9. The van der Waals surface area contributed by atoms with Gasteiger partial charge in [0, 0.05) is 6.20 Å². The van der Waals surface area contributed by atoms with E-state index in [0.717, 1.165) is 11.3 Å². The third kappa shape index (κ3) is 2.41. The van der Waals surface area contributed by atoms with Gasteiger partial charge >= 0.3 is 0 Å². The maximum atomic E-state index is 7.16. The molecule has 0 saturated carbocycles. The molecule has 18 heavy (non-hydrogen) atoms. The van der Waals surface area contributed by atoms with Gasteiger partial charge in [-0.1, -0.05) is 57.2 Å². The zero-order valence-corrected chi connectivity index (χ0v) is 10.9. The number of rotatable bonds is 1. The van der Waals surface area contributed by atoms with Gasteiger partial charge in [0.2, 0.25) is 5.69 Å². The van der Waals surface area contributed by atoms with E-state index >= 15 is 0 Å². The molecular weight excluding hydrogens is 220 g/mol. The van der Waals surface area contributed by atoms with Gasteiger partial charge in [-0.15, -0.1) is 0 Å². The van der Waals surface area contributed by atoms with Crippen molar-refractivity contribution in [3.05, 3.63) is 59.6 Å². The van der Waals surface area contributed by atoms with Crippen LogP contribution >= 0.6 is 0 Å². The minimum Gasteiger partial charge on any atom is -0.268 e. The molecule has 0 N–H and O–H groups in total. The monoisotopic (exact) mass is 236 g/mol. The van der Waals surface area contributed by atoms with Gasteiger partial charge in [0.25, 0.3) is 0 Å². The molecule has 2 rings (SSSR count). The predicted molar refractivity (Wildman–Crippen MR) is 74.6 cm³/mol. The Hall–Kier alpha value is -2.14. The molecule has 0 aliphatic rings. The molecule has 1 aromatic heterocycles. The molecule has 0 aliphatic heterocycles. The highest BCUT2D eigenvalue weighted by Crippen LogP contribution is 2.30. The molecule has 1 aromatic carbocycles. The Morgan fingerprint density at radius 3 is 2.28 bits per heavy atom. The van der Waals surface area contributed by atoms with E-state index in [1.54, 1.807) is 18.3 Å². The van der Waals surface area contributed by atoms with Gasteiger partial charge in [0.1, 0.15) is 0 Å². The van der Waals surface area contributed by atoms with Gasteiger partial charge < -0.3 is 0 Å². The fourth-order valence-corrected chi connectivity index (χ4v) is 1.84. The third-order valence-electron chi connectivity index (χ3n) is 2.93. The Bertz CT molecular complexity index is 584. The molecule has 0 saturated heterocycles. The lowest BCUT2D eigenvalue weighted by molar-refractivity contribution is 0.590. The minimum absolute atomic E-state index is 0.144. The van der Waals surface area contributed by atoms with Crippen molar-refractivity contribution in [1.82, 2.24) is 4.98 Å². The molecule has 2 heteroatoms. The highest BCUT2D eigenvalue weighted by atomic mass is 14.8. The fraction of sp³-hybridized carbons (Fsp3) is 0.250. The van der Waals surface area contributed by atoms with Crippen molar-refractivity contribution in [2.45, 2.75) is 26.2 Å². The second-order valence-electron chi connectivity index (χ2n) is 5.31. The van der Waals surface area contributed by atoms with E-state index in [2.05, 4.69) is 42.7 Å². The van der Waals surface area contributed by atoms with Crippen LogP contribution in [0.5, 0.6) is 0 Å². The van der Waals surface area contributed by atoms with Crippen molar-refractivity contribution in [2.24, 2.45) is 0 Å². The highest BCUT2D eigenvalue weighted by molar-refractivity contribution is 5.74. The number of aromatic nitrogens is 1. The molecule has 0 aliphatic carbocycles. The van der Waals surface area contributed by atoms with Crippen molar-refractivity contribution in [3.63, 3.8) is 0 Å². The molecule has 2 nitrogen and oxygen atoms in total. The van der Waals surface area contributed by atoms with E-state index in [-0.39, 0.29) is 5.41 Å². The summed E-state index contributed by atoms with van der Waals surface area (Å²) in [7, 11) is 0. The van der Waals surface area contributed by atoms with Crippen molar-refractivity contribution in [3.8, 4) is 11.3 Å². The Balaban J connectivity index is 2.45. The summed E-state index contributed by atoms with van der Waals surface area (Å²) in [5.74, 6) is 0. The van der Waals surface area contributed by atoms with Crippen molar-refractivity contribution in [2.75, 3.05) is 0 Å². The lowest BCUT2D eigenvalue weighted by Crippen LogP contribution is -2.10. The summed E-state index contributed by atoms with van der Waals surface area (Å²) in [6.07, 6.45) is 1.72. The first-order chi connectivity index (χ1) is 8.52. The molecule has 0 fully saturated rings. The molecule has 0 spiro atoms. The van der Waals surface area contributed by atoms with Crippen LogP contribution in [0.1, 0.15) is 26.3 Å². The van der Waals surface area contributed by atoms with Crippen LogP contribution in [0.2, 0.25) is 0 Å². The number of hydrogen-bond donors (Lipinski definition) is 0. The lowest BCUT2D eigenvalue weighted by Gasteiger charge is -2.19. The molecule has 0 atom stereocenters. The average molecular weight is 236 g/mol. The highest BCUT2D eigenvalue weighted by Gasteiger charge is 2.13. The van der Waals surface area contributed by atoms with Crippen LogP contribution in [0.3, 0.4) is 0 Å². The van der Waals surface area contributed by atoms with Gasteiger partial charge in [-0.25, -0.2) is 4.85 Å². The van der Waals surface area contributed by atoms with E-state index < -0.39 is 0 Å². The summed E-state index contributed by atoms with van der Waals surface area (Å²) in [6, 6.07) is 11.9. The molecule has 2 aromatic rings. The van der Waals surface area contributed by atoms with Crippen LogP contribution in [0.4, 0.5) is 5.69 Å². The smallest absolute Gasteiger partial charge is 0.212 e.